The molecule has 3 nitrogen and oxygen atoms in total. The van der Waals surface area contributed by atoms with Crippen molar-refractivity contribution in [3.05, 3.63) is 10.6 Å². The number of anilines is 1. The van der Waals surface area contributed by atoms with E-state index >= 15 is 0 Å². The van der Waals surface area contributed by atoms with Crippen LogP contribution in [-0.2, 0) is 6.42 Å². The van der Waals surface area contributed by atoms with Crippen LogP contribution in [0, 0.1) is 0 Å². The first-order valence-corrected chi connectivity index (χ1v) is 6.54. The number of aromatic nitrogens is 1. The summed E-state index contributed by atoms with van der Waals surface area (Å²) in [7, 11) is 0. The largest absolute Gasteiger partial charge is 0.348 e. The van der Waals surface area contributed by atoms with Gasteiger partial charge < -0.3 is 10.6 Å². The quantitative estimate of drug-likeness (QED) is 0.858. The topological polar surface area (TPSA) is 42.2 Å². The minimum atomic E-state index is 0.119. The maximum atomic E-state index is 5.95. The van der Waals surface area contributed by atoms with Gasteiger partial charge in [-0.2, -0.15) is 0 Å². The molecule has 84 valence electrons. The van der Waals surface area contributed by atoms with Gasteiger partial charge in [0.25, 0.3) is 0 Å². The van der Waals surface area contributed by atoms with Crippen LogP contribution < -0.4 is 10.6 Å². The molecule has 2 N–H and O–H groups in total. The molecule has 0 aliphatic carbocycles. The number of nitrogens with zero attached hydrogens (tertiary/aromatic N) is 2. The molecule has 1 aromatic heterocycles. The number of hydrogen-bond donors (Lipinski definition) is 1. The zero-order valence-corrected chi connectivity index (χ0v) is 10.3. The summed E-state index contributed by atoms with van der Waals surface area (Å²) < 4.78 is 0. The van der Waals surface area contributed by atoms with Crippen molar-refractivity contribution in [1.82, 2.24) is 4.98 Å². The van der Waals surface area contributed by atoms with Gasteiger partial charge in [0.15, 0.2) is 5.13 Å². The minimum Gasteiger partial charge on any atom is -0.348 e. The first kappa shape index (κ1) is 10.9. The van der Waals surface area contributed by atoms with Crippen molar-refractivity contribution >= 4 is 16.5 Å². The molecule has 0 amide bonds. The van der Waals surface area contributed by atoms with Crippen LogP contribution in [-0.4, -0.2) is 18.1 Å². The lowest BCUT2D eigenvalue weighted by atomic mass is 10.2. The summed E-state index contributed by atoms with van der Waals surface area (Å²) >= 11 is 1.78. The molecule has 0 bridgehead atoms. The van der Waals surface area contributed by atoms with E-state index in [4.69, 9.17) is 10.7 Å². The highest BCUT2D eigenvalue weighted by molar-refractivity contribution is 7.15. The zero-order valence-electron chi connectivity index (χ0n) is 9.49. The van der Waals surface area contributed by atoms with Crippen molar-refractivity contribution < 1.29 is 0 Å². The van der Waals surface area contributed by atoms with Gasteiger partial charge in [-0.25, -0.2) is 4.98 Å². The van der Waals surface area contributed by atoms with Crippen molar-refractivity contribution in [2.75, 3.05) is 18.0 Å². The smallest absolute Gasteiger partial charge is 0.185 e. The molecule has 1 aliphatic heterocycles. The van der Waals surface area contributed by atoms with E-state index < -0.39 is 0 Å². The Morgan fingerprint density at radius 3 is 2.60 bits per heavy atom. The second-order valence-corrected chi connectivity index (χ2v) is 5.15. The summed E-state index contributed by atoms with van der Waals surface area (Å²) in [5.74, 6) is 0. The zero-order chi connectivity index (χ0) is 10.8. The Morgan fingerprint density at radius 1 is 1.47 bits per heavy atom. The SMILES string of the molecule is CCc1nc(N2CCCC2)sc1C(C)N. The Hall–Kier alpha value is -0.610. The summed E-state index contributed by atoms with van der Waals surface area (Å²) in [4.78, 5) is 8.34. The van der Waals surface area contributed by atoms with E-state index in [0.717, 1.165) is 19.5 Å². The average molecular weight is 225 g/mol. The molecule has 15 heavy (non-hydrogen) atoms. The van der Waals surface area contributed by atoms with Gasteiger partial charge in [0.1, 0.15) is 0 Å². The highest BCUT2D eigenvalue weighted by Crippen LogP contribution is 2.32. The fourth-order valence-corrected chi connectivity index (χ4v) is 3.16. The molecule has 0 radical (unpaired) electrons. The molecule has 1 aromatic rings. The molecule has 1 aliphatic rings. The van der Waals surface area contributed by atoms with Crippen molar-refractivity contribution in [3.8, 4) is 0 Å². The van der Waals surface area contributed by atoms with Crippen molar-refractivity contribution in [2.24, 2.45) is 5.73 Å². The normalized spacial score (nSPS) is 18.5. The Bertz CT molecular complexity index is 327. The van der Waals surface area contributed by atoms with Crippen LogP contribution in [0.1, 0.15) is 43.3 Å². The van der Waals surface area contributed by atoms with E-state index in [-0.39, 0.29) is 6.04 Å². The summed E-state index contributed by atoms with van der Waals surface area (Å²) in [5.41, 5.74) is 7.15. The summed E-state index contributed by atoms with van der Waals surface area (Å²) in [6.07, 6.45) is 3.59. The Kier molecular flexibility index (Phi) is 3.26. The molecule has 1 saturated heterocycles. The van der Waals surface area contributed by atoms with Gasteiger partial charge in [-0.15, -0.1) is 11.3 Å². The van der Waals surface area contributed by atoms with Crippen LogP contribution in [0.3, 0.4) is 0 Å². The molecule has 1 fully saturated rings. The van der Waals surface area contributed by atoms with Crippen molar-refractivity contribution in [2.45, 2.75) is 39.2 Å². The number of aryl methyl sites for hydroxylation is 1. The van der Waals surface area contributed by atoms with E-state index in [2.05, 4.69) is 11.8 Å². The van der Waals surface area contributed by atoms with Crippen molar-refractivity contribution in [3.63, 3.8) is 0 Å². The second kappa shape index (κ2) is 4.49. The first-order valence-electron chi connectivity index (χ1n) is 5.72. The lowest BCUT2D eigenvalue weighted by molar-refractivity contribution is 0.812. The fraction of sp³-hybridized carbons (Fsp3) is 0.727. The maximum Gasteiger partial charge on any atom is 0.185 e. The molecule has 2 heterocycles. The molecule has 0 aromatic carbocycles. The highest BCUT2D eigenvalue weighted by Gasteiger charge is 2.19. The third-order valence-electron chi connectivity index (χ3n) is 2.84. The molecule has 4 heteroatoms. The summed E-state index contributed by atoms with van der Waals surface area (Å²) in [6.45, 7) is 6.51. The Balaban J connectivity index is 2.25. The second-order valence-electron chi connectivity index (χ2n) is 4.14. The molecule has 1 atom stereocenters. The molecule has 0 spiro atoms. The van der Waals surface area contributed by atoms with Crippen LogP contribution in [0.4, 0.5) is 5.13 Å². The van der Waals surface area contributed by atoms with Gasteiger partial charge in [-0.05, 0) is 26.2 Å². The average Bonchev–Trinajstić information content (AvgIpc) is 2.86. The van der Waals surface area contributed by atoms with Crippen LogP contribution in [0.25, 0.3) is 0 Å². The van der Waals surface area contributed by atoms with E-state index in [9.17, 15) is 0 Å². The Morgan fingerprint density at radius 2 is 2.13 bits per heavy atom. The van der Waals surface area contributed by atoms with Gasteiger partial charge in [0, 0.05) is 24.0 Å². The lowest BCUT2D eigenvalue weighted by Crippen LogP contribution is -2.17. The molecular formula is C11H19N3S. The van der Waals surface area contributed by atoms with Gasteiger partial charge >= 0.3 is 0 Å². The van der Waals surface area contributed by atoms with Crippen LogP contribution in [0.15, 0.2) is 0 Å². The highest BCUT2D eigenvalue weighted by atomic mass is 32.1. The summed E-state index contributed by atoms with van der Waals surface area (Å²) in [6, 6.07) is 0.119. The third-order valence-corrected chi connectivity index (χ3v) is 4.20. The number of hydrogen-bond acceptors (Lipinski definition) is 4. The minimum absolute atomic E-state index is 0.119. The molecular weight excluding hydrogens is 206 g/mol. The van der Waals surface area contributed by atoms with Gasteiger partial charge in [-0.3, -0.25) is 0 Å². The van der Waals surface area contributed by atoms with Gasteiger partial charge in [-0.1, -0.05) is 6.92 Å². The molecule has 2 rings (SSSR count). The van der Waals surface area contributed by atoms with E-state index in [1.165, 1.54) is 28.5 Å². The van der Waals surface area contributed by atoms with Crippen LogP contribution in [0.5, 0.6) is 0 Å². The number of thiazole rings is 1. The van der Waals surface area contributed by atoms with E-state index in [0.29, 0.717) is 0 Å². The molecule has 0 saturated carbocycles. The standard InChI is InChI=1S/C11H19N3S/c1-3-9-10(8(2)12)15-11(13-9)14-6-4-5-7-14/h8H,3-7,12H2,1-2H3. The fourth-order valence-electron chi connectivity index (χ4n) is 2.00. The van der Waals surface area contributed by atoms with Crippen LogP contribution >= 0.6 is 11.3 Å². The third kappa shape index (κ3) is 2.16. The predicted octanol–water partition coefficient (Wildman–Crippen LogP) is 2.33. The van der Waals surface area contributed by atoms with E-state index in [1.807, 2.05) is 6.92 Å². The monoisotopic (exact) mass is 225 g/mol. The lowest BCUT2D eigenvalue weighted by Gasteiger charge is -2.12. The molecule has 1 unspecified atom stereocenters. The Labute approximate surface area is 95.3 Å². The van der Waals surface area contributed by atoms with Gasteiger partial charge in [0.2, 0.25) is 0 Å². The van der Waals surface area contributed by atoms with Crippen molar-refractivity contribution in [1.29, 1.82) is 0 Å². The van der Waals surface area contributed by atoms with E-state index in [1.54, 1.807) is 11.3 Å². The maximum absolute atomic E-state index is 5.95. The first-order chi connectivity index (χ1) is 7.22. The predicted molar refractivity (Wildman–Crippen MR) is 65.5 cm³/mol. The van der Waals surface area contributed by atoms with Crippen LogP contribution in [0.2, 0.25) is 0 Å². The summed E-state index contributed by atoms with van der Waals surface area (Å²) in [5, 5.41) is 1.18. The number of rotatable bonds is 3. The number of nitrogens with two attached hydrogens (primary N) is 1. The van der Waals surface area contributed by atoms with Gasteiger partial charge in [0.05, 0.1) is 5.69 Å².